The molecule has 0 aliphatic carbocycles. The molecule has 0 amide bonds. The van der Waals surface area contributed by atoms with Crippen LogP contribution in [0.4, 0.5) is 0 Å². The first-order valence-corrected chi connectivity index (χ1v) is 10.6. The number of hydrogen-bond donors (Lipinski definition) is 0. The average molecular weight is 407 g/mol. The van der Waals surface area contributed by atoms with Crippen LogP contribution in [-0.4, -0.2) is 11.2 Å². The van der Waals surface area contributed by atoms with Gasteiger partial charge in [0.1, 0.15) is 11.2 Å². The minimum atomic E-state index is -0.647. The predicted molar refractivity (Wildman–Crippen MR) is 120 cm³/mol. The Morgan fingerprint density at radius 3 is 1.31 bits per heavy atom. The SMILES string of the molecule is C=C(C)c1cc(C(C)(C)OOC(C)(C)CC)cc(C(C)(C)OOC(C)(C)CC)c1. The molecule has 0 N–H and O–H groups in total. The molecule has 4 nitrogen and oxygen atoms in total. The molecule has 0 unspecified atom stereocenters. The fourth-order valence-corrected chi connectivity index (χ4v) is 2.22. The Morgan fingerprint density at radius 2 is 1.03 bits per heavy atom. The lowest BCUT2D eigenvalue weighted by Crippen LogP contribution is -2.32. The zero-order valence-electron chi connectivity index (χ0n) is 20.5. The van der Waals surface area contributed by atoms with Crippen molar-refractivity contribution in [1.29, 1.82) is 0 Å². The molecular weight excluding hydrogens is 364 g/mol. The summed E-state index contributed by atoms with van der Waals surface area (Å²) in [5.74, 6) is 0. The Bertz CT molecular complexity index is 649. The van der Waals surface area contributed by atoms with E-state index in [4.69, 9.17) is 19.6 Å². The van der Waals surface area contributed by atoms with E-state index in [1.165, 1.54) is 0 Å². The summed E-state index contributed by atoms with van der Waals surface area (Å²) in [7, 11) is 0. The van der Waals surface area contributed by atoms with Crippen LogP contribution >= 0.6 is 0 Å². The van der Waals surface area contributed by atoms with E-state index in [1.807, 2.05) is 62.3 Å². The monoisotopic (exact) mass is 406 g/mol. The fourth-order valence-electron chi connectivity index (χ4n) is 2.22. The third-order valence-corrected chi connectivity index (χ3v) is 5.47. The van der Waals surface area contributed by atoms with Crippen molar-refractivity contribution in [3.8, 4) is 0 Å². The summed E-state index contributed by atoms with van der Waals surface area (Å²) in [6, 6.07) is 6.29. The van der Waals surface area contributed by atoms with Gasteiger partial charge >= 0.3 is 0 Å². The van der Waals surface area contributed by atoms with Gasteiger partial charge in [0.25, 0.3) is 0 Å². The van der Waals surface area contributed by atoms with Crippen LogP contribution in [-0.2, 0) is 30.8 Å². The van der Waals surface area contributed by atoms with Gasteiger partial charge in [-0.1, -0.05) is 26.0 Å². The molecule has 1 aromatic carbocycles. The van der Waals surface area contributed by atoms with Gasteiger partial charge in [-0.25, -0.2) is 19.6 Å². The Morgan fingerprint density at radius 1 is 0.690 bits per heavy atom. The Balaban J connectivity index is 3.27. The Kier molecular flexibility index (Phi) is 8.28. The molecule has 0 aliphatic rings. The maximum Gasteiger partial charge on any atom is 0.123 e. The lowest BCUT2D eigenvalue weighted by Gasteiger charge is -2.33. The molecule has 0 fully saturated rings. The van der Waals surface area contributed by atoms with E-state index in [1.54, 1.807) is 0 Å². The smallest absolute Gasteiger partial charge is 0.123 e. The first-order valence-electron chi connectivity index (χ1n) is 10.6. The van der Waals surface area contributed by atoms with E-state index in [0.717, 1.165) is 35.1 Å². The van der Waals surface area contributed by atoms with Crippen LogP contribution in [0.25, 0.3) is 5.57 Å². The standard InChI is InChI=1S/C25H42O4/c1-13-22(5,6)26-28-24(9,10)20-15-19(18(3)4)16-21(17-20)25(11,12)29-27-23(7,8)14-2/h15-17H,3,13-14H2,1-2,4-12H3. The number of allylic oxidation sites excluding steroid dienone is 1. The molecule has 0 radical (unpaired) electrons. The minimum absolute atomic E-state index is 0.353. The molecule has 0 bridgehead atoms. The van der Waals surface area contributed by atoms with Gasteiger partial charge in [0.2, 0.25) is 0 Å². The maximum absolute atomic E-state index is 5.90. The van der Waals surface area contributed by atoms with Crippen LogP contribution in [0.15, 0.2) is 24.8 Å². The summed E-state index contributed by atoms with van der Waals surface area (Å²) in [5.41, 5.74) is 2.00. The highest BCUT2D eigenvalue weighted by Crippen LogP contribution is 2.35. The van der Waals surface area contributed by atoms with Gasteiger partial charge in [0.15, 0.2) is 0 Å². The van der Waals surface area contributed by atoms with Crippen molar-refractivity contribution in [2.75, 3.05) is 0 Å². The van der Waals surface area contributed by atoms with Crippen LogP contribution in [0.1, 0.15) is 106 Å². The summed E-state index contributed by atoms with van der Waals surface area (Å²) >= 11 is 0. The molecule has 0 spiro atoms. The van der Waals surface area contributed by atoms with Crippen LogP contribution in [0.2, 0.25) is 0 Å². The van der Waals surface area contributed by atoms with Crippen molar-refractivity contribution < 1.29 is 19.6 Å². The molecule has 0 saturated carbocycles. The van der Waals surface area contributed by atoms with E-state index in [0.29, 0.717) is 0 Å². The van der Waals surface area contributed by atoms with Crippen molar-refractivity contribution in [2.24, 2.45) is 0 Å². The molecule has 0 aromatic heterocycles. The summed E-state index contributed by atoms with van der Waals surface area (Å²) in [4.78, 5) is 23.3. The summed E-state index contributed by atoms with van der Waals surface area (Å²) in [6.07, 6.45) is 1.71. The van der Waals surface area contributed by atoms with Crippen molar-refractivity contribution >= 4 is 5.57 Å². The Labute approximate surface area is 178 Å². The van der Waals surface area contributed by atoms with E-state index < -0.39 is 11.2 Å². The molecule has 1 aromatic rings. The fraction of sp³-hybridized carbons (Fsp3) is 0.680. The van der Waals surface area contributed by atoms with E-state index in [2.05, 4.69) is 38.6 Å². The third kappa shape index (κ3) is 7.53. The van der Waals surface area contributed by atoms with Gasteiger partial charge in [-0.15, -0.1) is 0 Å². The largest absolute Gasteiger partial charge is 0.230 e. The molecule has 0 aliphatic heterocycles. The van der Waals surface area contributed by atoms with Crippen molar-refractivity contribution in [2.45, 2.75) is 111 Å². The second-order valence-corrected chi connectivity index (χ2v) is 10.2. The van der Waals surface area contributed by atoms with Crippen molar-refractivity contribution in [3.05, 3.63) is 41.5 Å². The maximum atomic E-state index is 5.90. The van der Waals surface area contributed by atoms with Gasteiger partial charge in [-0.2, -0.15) is 0 Å². The minimum Gasteiger partial charge on any atom is -0.230 e. The second-order valence-electron chi connectivity index (χ2n) is 10.2. The summed E-state index contributed by atoms with van der Waals surface area (Å²) in [6.45, 7) is 26.4. The predicted octanol–water partition coefficient (Wildman–Crippen LogP) is 7.46. The van der Waals surface area contributed by atoms with Crippen LogP contribution < -0.4 is 0 Å². The topological polar surface area (TPSA) is 36.9 Å². The summed E-state index contributed by atoms with van der Waals surface area (Å²) < 4.78 is 0. The molecule has 4 heteroatoms. The molecule has 0 heterocycles. The van der Waals surface area contributed by atoms with Crippen molar-refractivity contribution in [1.82, 2.24) is 0 Å². The molecular formula is C25H42O4. The van der Waals surface area contributed by atoms with Crippen LogP contribution in [0, 0.1) is 0 Å². The first kappa shape index (κ1) is 25.8. The highest BCUT2D eigenvalue weighted by molar-refractivity contribution is 5.63. The van der Waals surface area contributed by atoms with Crippen molar-refractivity contribution in [3.63, 3.8) is 0 Å². The highest BCUT2D eigenvalue weighted by atomic mass is 17.2. The normalized spacial score (nSPS) is 13.6. The van der Waals surface area contributed by atoms with Crippen LogP contribution in [0.3, 0.4) is 0 Å². The quantitative estimate of drug-likeness (QED) is 0.282. The first-order chi connectivity index (χ1) is 13.1. The van der Waals surface area contributed by atoms with E-state index in [-0.39, 0.29) is 11.2 Å². The van der Waals surface area contributed by atoms with Gasteiger partial charge < -0.3 is 0 Å². The molecule has 0 saturated heterocycles. The van der Waals surface area contributed by atoms with E-state index >= 15 is 0 Å². The molecule has 1 rings (SSSR count). The molecule has 29 heavy (non-hydrogen) atoms. The van der Waals surface area contributed by atoms with Crippen LogP contribution in [0.5, 0.6) is 0 Å². The van der Waals surface area contributed by atoms with Gasteiger partial charge in [-0.3, -0.25) is 0 Å². The lowest BCUT2D eigenvalue weighted by atomic mass is 9.87. The summed E-state index contributed by atoms with van der Waals surface area (Å²) in [5, 5.41) is 0. The lowest BCUT2D eigenvalue weighted by molar-refractivity contribution is -0.407. The number of benzene rings is 1. The van der Waals surface area contributed by atoms with Gasteiger partial charge in [0, 0.05) is 0 Å². The van der Waals surface area contributed by atoms with Gasteiger partial charge in [0.05, 0.1) is 11.2 Å². The third-order valence-electron chi connectivity index (χ3n) is 5.47. The highest BCUT2D eigenvalue weighted by Gasteiger charge is 2.32. The Hall–Kier alpha value is -1.20. The second kappa shape index (κ2) is 9.30. The molecule has 0 atom stereocenters. The number of hydrogen-bond acceptors (Lipinski definition) is 4. The van der Waals surface area contributed by atoms with Gasteiger partial charge in [-0.05, 0) is 110 Å². The zero-order valence-corrected chi connectivity index (χ0v) is 20.5. The van der Waals surface area contributed by atoms with E-state index in [9.17, 15) is 0 Å². The zero-order chi connectivity index (χ0) is 22.7. The number of rotatable bonds is 11. The molecule has 166 valence electrons. The average Bonchev–Trinajstić information content (AvgIpc) is 2.65.